The first-order chi connectivity index (χ1) is 9.43. The van der Waals surface area contributed by atoms with Gasteiger partial charge in [0.1, 0.15) is 0 Å². The Balaban J connectivity index is 2.36. The van der Waals surface area contributed by atoms with Gasteiger partial charge in [0.15, 0.2) is 5.65 Å². The summed E-state index contributed by atoms with van der Waals surface area (Å²) in [5, 5.41) is 8.13. The molecule has 0 unspecified atom stereocenters. The SMILES string of the molecule is COC[C@H](C)NC(=O)c1cc2c(C)nn(C)c2nc1C. The van der Waals surface area contributed by atoms with Crippen LogP contribution in [0.5, 0.6) is 0 Å². The fourth-order valence-electron chi connectivity index (χ4n) is 2.25. The van der Waals surface area contributed by atoms with E-state index >= 15 is 0 Å². The van der Waals surface area contributed by atoms with Crippen molar-refractivity contribution in [3.63, 3.8) is 0 Å². The van der Waals surface area contributed by atoms with Crippen LogP contribution in [-0.4, -0.2) is 40.4 Å². The number of rotatable bonds is 4. The Morgan fingerprint density at radius 3 is 2.80 bits per heavy atom. The lowest BCUT2D eigenvalue weighted by Gasteiger charge is -2.13. The number of pyridine rings is 1. The first-order valence-corrected chi connectivity index (χ1v) is 6.54. The van der Waals surface area contributed by atoms with Crippen LogP contribution in [0.4, 0.5) is 0 Å². The molecule has 0 radical (unpaired) electrons. The Hall–Kier alpha value is -1.95. The summed E-state index contributed by atoms with van der Waals surface area (Å²) in [6, 6.07) is 1.81. The second-order valence-corrected chi connectivity index (χ2v) is 5.03. The maximum atomic E-state index is 12.3. The number of aromatic nitrogens is 3. The van der Waals surface area contributed by atoms with Crippen molar-refractivity contribution in [3.8, 4) is 0 Å². The predicted octanol–water partition coefficient (Wildman–Crippen LogP) is 1.35. The molecule has 108 valence electrons. The van der Waals surface area contributed by atoms with Crippen LogP contribution in [0.1, 0.15) is 28.7 Å². The number of nitrogens with one attached hydrogen (secondary N) is 1. The third-order valence-electron chi connectivity index (χ3n) is 3.23. The van der Waals surface area contributed by atoms with Gasteiger partial charge in [-0.1, -0.05) is 0 Å². The van der Waals surface area contributed by atoms with Gasteiger partial charge in [0.2, 0.25) is 0 Å². The highest BCUT2D eigenvalue weighted by molar-refractivity contribution is 5.98. The summed E-state index contributed by atoms with van der Waals surface area (Å²) in [4.78, 5) is 16.8. The molecule has 0 fully saturated rings. The maximum absolute atomic E-state index is 12.3. The first-order valence-electron chi connectivity index (χ1n) is 6.54. The van der Waals surface area contributed by atoms with E-state index in [2.05, 4.69) is 15.4 Å². The minimum absolute atomic E-state index is 0.0439. The van der Waals surface area contributed by atoms with Crippen molar-refractivity contribution in [2.24, 2.45) is 7.05 Å². The number of ether oxygens (including phenoxy) is 1. The smallest absolute Gasteiger partial charge is 0.253 e. The molecular formula is C14H20N4O2. The number of aryl methyl sites for hydroxylation is 3. The molecule has 0 aromatic carbocycles. The highest BCUT2D eigenvalue weighted by Crippen LogP contribution is 2.19. The predicted molar refractivity (Wildman–Crippen MR) is 76.8 cm³/mol. The molecule has 0 bridgehead atoms. The van der Waals surface area contributed by atoms with E-state index in [0.717, 1.165) is 16.7 Å². The summed E-state index contributed by atoms with van der Waals surface area (Å²) < 4.78 is 6.75. The molecule has 6 heteroatoms. The van der Waals surface area contributed by atoms with E-state index < -0.39 is 0 Å². The number of hydrogen-bond donors (Lipinski definition) is 1. The van der Waals surface area contributed by atoms with Gasteiger partial charge in [-0.05, 0) is 26.8 Å². The number of hydrogen-bond acceptors (Lipinski definition) is 4. The van der Waals surface area contributed by atoms with Gasteiger partial charge in [-0.2, -0.15) is 5.10 Å². The van der Waals surface area contributed by atoms with Gasteiger partial charge in [-0.15, -0.1) is 0 Å². The minimum Gasteiger partial charge on any atom is -0.383 e. The van der Waals surface area contributed by atoms with Crippen LogP contribution in [0.2, 0.25) is 0 Å². The highest BCUT2D eigenvalue weighted by Gasteiger charge is 2.16. The third kappa shape index (κ3) is 2.65. The quantitative estimate of drug-likeness (QED) is 0.915. The van der Waals surface area contributed by atoms with Gasteiger partial charge in [0.25, 0.3) is 5.91 Å². The number of carbonyl (C=O) groups is 1. The molecule has 0 aliphatic rings. The van der Waals surface area contributed by atoms with Gasteiger partial charge < -0.3 is 10.1 Å². The van der Waals surface area contributed by atoms with E-state index in [0.29, 0.717) is 17.9 Å². The summed E-state index contributed by atoms with van der Waals surface area (Å²) in [7, 11) is 3.46. The molecule has 1 amide bonds. The van der Waals surface area contributed by atoms with Crippen LogP contribution < -0.4 is 5.32 Å². The van der Waals surface area contributed by atoms with Crippen molar-refractivity contribution in [3.05, 3.63) is 23.0 Å². The minimum atomic E-state index is -0.135. The molecule has 2 aromatic rings. The second kappa shape index (κ2) is 5.58. The molecule has 0 spiro atoms. The Labute approximate surface area is 118 Å². The molecule has 0 saturated carbocycles. The van der Waals surface area contributed by atoms with E-state index in [9.17, 15) is 4.79 Å². The van der Waals surface area contributed by atoms with Gasteiger partial charge in [0, 0.05) is 25.6 Å². The largest absolute Gasteiger partial charge is 0.383 e. The van der Waals surface area contributed by atoms with Crippen molar-refractivity contribution >= 4 is 16.9 Å². The van der Waals surface area contributed by atoms with Crippen molar-refractivity contribution in [1.82, 2.24) is 20.1 Å². The van der Waals surface area contributed by atoms with E-state index in [1.54, 1.807) is 11.8 Å². The summed E-state index contributed by atoms with van der Waals surface area (Å²) in [6.45, 7) is 6.12. The standard InChI is InChI=1S/C14H20N4O2/c1-8(7-20-5)15-14(19)12-6-11-10(3)17-18(4)13(11)16-9(12)2/h6,8H,7H2,1-5H3,(H,15,19)/t8-/m0/s1. The Kier molecular flexibility index (Phi) is 4.04. The zero-order chi connectivity index (χ0) is 14.9. The topological polar surface area (TPSA) is 69.0 Å². The molecule has 20 heavy (non-hydrogen) atoms. The van der Waals surface area contributed by atoms with E-state index in [1.807, 2.05) is 33.9 Å². The Bertz CT molecular complexity index is 648. The van der Waals surface area contributed by atoms with Crippen LogP contribution in [0.3, 0.4) is 0 Å². The van der Waals surface area contributed by atoms with Gasteiger partial charge in [0.05, 0.1) is 23.6 Å². The van der Waals surface area contributed by atoms with Gasteiger partial charge >= 0.3 is 0 Å². The van der Waals surface area contributed by atoms with Crippen molar-refractivity contribution < 1.29 is 9.53 Å². The van der Waals surface area contributed by atoms with Crippen molar-refractivity contribution in [1.29, 1.82) is 0 Å². The number of nitrogens with zero attached hydrogens (tertiary/aromatic N) is 3. The molecular weight excluding hydrogens is 256 g/mol. The van der Waals surface area contributed by atoms with Crippen LogP contribution in [0.25, 0.3) is 11.0 Å². The van der Waals surface area contributed by atoms with Crippen molar-refractivity contribution in [2.75, 3.05) is 13.7 Å². The Morgan fingerprint density at radius 1 is 1.45 bits per heavy atom. The van der Waals surface area contributed by atoms with Crippen LogP contribution in [-0.2, 0) is 11.8 Å². The Morgan fingerprint density at radius 2 is 2.15 bits per heavy atom. The number of fused-ring (bicyclic) bond motifs is 1. The molecule has 0 saturated heterocycles. The molecule has 2 aromatic heterocycles. The zero-order valence-electron chi connectivity index (χ0n) is 12.5. The van der Waals surface area contributed by atoms with Crippen molar-refractivity contribution in [2.45, 2.75) is 26.8 Å². The molecule has 2 rings (SSSR count). The third-order valence-corrected chi connectivity index (χ3v) is 3.23. The average molecular weight is 276 g/mol. The van der Waals surface area contributed by atoms with E-state index in [4.69, 9.17) is 4.74 Å². The fourth-order valence-corrected chi connectivity index (χ4v) is 2.25. The van der Waals surface area contributed by atoms with Gasteiger partial charge in [-0.3, -0.25) is 9.48 Å². The summed E-state index contributed by atoms with van der Waals surface area (Å²) in [5.41, 5.74) is 2.94. The molecule has 1 N–H and O–H groups in total. The monoisotopic (exact) mass is 276 g/mol. The summed E-state index contributed by atoms with van der Waals surface area (Å²) in [6.07, 6.45) is 0. The summed E-state index contributed by atoms with van der Waals surface area (Å²) in [5.74, 6) is -0.135. The number of amides is 1. The second-order valence-electron chi connectivity index (χ2n) is 5.03. The maximum Gasteiger partial charge on any atom is 0.253 e. The lowest BCUT2D eigenvalue weighted by molar-refractivity contribution is 0.0904. The van der Waals surface area contributed by atoms with E-state index in [-0.39, 0.29) is 11.9 Å². The molecule has 0 aliphatic heterocycles. The van der Waals surface area contributed by atoms with Crippen LogP contribution in [0, 0.1) is 13.8 Å². The average Bonchev–Trinajstić information content (AvgIpc) is 2.63. The highest BCUT2D eigenvalue weighted by atomic mass is 16.5. The fraction of sp³-hybridized carbons (Fsp3) is 0.500. The zero-order valence-corrected chi connectivity index (χ0v) is 12.5. The van der Waals surface area contributed by atoms with Crippen LogP contribution in [0.15, 0.2) is 6.07 Å². The van der Waals surface area contributed by atoms with Crippen LogP contribution >= 0.6 is 0 Å². The molecule has 6 nitrogen and oxygen atoms in total. The number of carbonyl (C=O) groups excluding carboxylic acids is 1. The molecule has 2 heterocycles. The lowest BCUT2D eigenvalue weighted by atomic mass is 10.1. The molecule has 1 atom stereocenters. The normalized spacial score (nSPS) is 12.7. The van der Waals surface area contributed by atoms with Gasteiger partial charge in [-0.25, -0.2) is 4.98 Å². The summed E-state index contributed by atoms with van der Waals surface area (Å²) >= 11 is 0. The lowest BCUT2D eigenvalue weighted by Crippen LogP contribution is -2.36. The number of methoxy groups -OCH3 is 1. The van der Waals surface area contributed by atoms with E-state index in [1.165, 1.54) is 0 Å². The molecule has 0 aliphatic carbocycles. The first kappa shape index (κ1) is 14.5.